The molecule has 0 aliphatic carbocycles. The monoisotopic (exact) mass is 266 g/mol. The number of carbonyl (C=O) groups is 1. The second-order valence-corrected chi connectivity index (χ2v) is 5.02. The molecule has 1 unspecified atom stereocenters. The fourth-order valence-corrected chi connectivity index (χ4v) is 2.42. The van der Waals surface area contributed by atoms with Crippen LogP contribution in [0, 0.1) is 5.82 Å². The number of nitrogens with one attached hydrogen (secondary N) is 1. The predicted octanol–water partition coefficient (Wildman–Crippen LogP) is 1.59. The Morgan fingerprint density at radius 1 is 1.58 bits per heavy atom. The van der Waals surface area contributed by atoms with Crippen molar-refractivity contribution in [3.8, 4) is 0 Å². The van der Waals surface area contributed by atoms with Crippen molar-refractivity contribution in [2.45, 2.75) is 32.4 Å². The van der Waals surface area contributed by atoms with Crippen molar-refractivity contribution < 1.29 is 14.3 Å². The van der Waals surface area contributed by atoms with E-state index in [1.165, 1.54) is 13.0 Å². The highest BCUT2D eigenvalue weighted by atomic mass is 19.1. The van der Waals surface area contributed by atoms with Crippen molar-refractivity contribution >= 4 is 11.6 Å². The van der Waals surface area contributed by atoms with Crippen molar-refractivity contribution in [3.05, 3.63) is 29.6 Å². The van der Waals surface area contributed by atoms with Gasteiger partial charge in [-0.15, -0.1) is 0 Å². The number of aliphatic hydroxyl groups is 1. The Hall–Kier alpha value is -1.62. The third kappa shape index (κ3) is 3.23. The average molecular weight is 266 g/mol. The molecule has 1 fully saturated rings. The summed E-state index contributed by atoms with van der Waals surface area (Å²) < 4.78 is 14.0. The molecule has 1 amide bonds. The molecule has 1 aromatic carbocycles. The highest BCUT2D eigenvalue weighted by molar-refractivity contribution is 5.73. The third-order valence-corrected chi connectivity index (χ3v) is 3.39. The first-order chi connectivity index (χ1) is 8.97. The van der Waals surface area contributed by atoms with Crippen molar-refractivity contribution in [1.29, 1.82) is 0 Å². The molecule has 5 heteroatoms. The van der Waals surface area contributed by atoms with Crippen LogP contribution in [0.15, 0.2) is 18.2 Å². The second-order valence-electron chi connectivity index (χ2n) is 5.02. The van der Waals surface area contributed by atoms with Gasteiger partial charge in [-0.3, -0.25) is 4.79 Å². The van der Waals surface area contributed by atoms with Gasteiger partial charge >= 0.3 is 0 Å². The molecule has 4 nitrogen and oxygen atoms in total. The van der Waals surface area contributed by atoms with Crippen molar-refractivity contribution in [2.24, 2.45) is 0 Å². The summed E-state index contributed by atoms with van der Waals surface area (Å²) in [6.45, 7) is 4.43. The summed E-state index contributed by atoms with van der Waals surface area (Å²) in [6, 6.07) is 4.86. The van der Waals surface area contributed by atoms with Crippen LogP contribution in [0.5, 0.6) is 0 Å². The number of hydrogen-bond acceptors (Lipinski definition) is 3. The van der Waals surface area contributed by atoms with E-state index in [1.807, 2.05) is 4.90 Å². The van der Waals surface area contributed by atoms with Crippen LogP contribution >= 0.6 is 0 Å². The van der Waals surface area contributed by atoms with Gasteiger partial charge in [-0.05, 0) is 31.0 Å². The molecule has 0 bridgehead atoms. The molecule has 0 radical (unpaired) electrons. The van der Waals surface area contributed by atoms with Crippen LogP contribution in [-0.2, 0) is 4.79 Å². The van der Waals surface area contributed by atoms with E-state index < -0.39 is 6.10 Å². The number of halogens is 1. The van der Waals surface area contributed by atoms with Crippen LogP contribution in [0.2, 0.25) is 0 Å². The van der Waals surface area contributed by atoms with Crippen molar-refractivity contribution in [1.82, 2.24) is 5.32 Å². The van der Waals surface area contributed by atoms with Gasteiger partial charge in [0.15, 0.2) is 0 Å². The Morgan fingerprint density at radius 2 is 2.32 bits per heavy atom. The smallest absolute Gasteiger partial charge is 0.217 e. The van der Waals surface area contributed by atoms with Crippen LogP contribution in [-0.4, -0.2) is 30.1 Å². The molecule has 2 rings (SSSR count). The topological polar surface area (TPSA) is 52.6 Å². The summed E-state index contributed by atoms with van der Waals surface area (Å²) >= 11 is 0. The Morgan fingerprint density at radius 3 is 2.89 bits per heavy atom. The number of rotatable bonds is 3. The van der Waals surface area contributed by atoms with E-state index in [1.54, 1.807) is 19.1 Å². The Bertz CT molecular complexity index is 477. The standard InChI is InChI=1S/C14H19FN2O2/c1-9(18)11-3-4-14(13(15)7-11)17-6-5-12(8-17)16-10(2)19/h3-4,7,9,12,18H,5-6,8H2,1-2H3,(H,16,19)/t9-,12?/m0/s1. The van der Waals surface area contributed by atoms with E-state index >= 15 is 0 Å². The molecule has 2 N–H and O–H groups in total. The van der Waals surface area contributed by atoms with Gasteiger partial charge in [0.2, 0.25) is 5.91 Å². The average Bonchev–Trinajstić information content (AvgIpc) is 2.76. The molecular weight excluding hydrogens is 247 g/mol. The minimum Gasteiger partial charge on any atom is -0.389 e. The Labute approximate surface area is 112 Å². The van der Waals surface area contributed by atoms with Crippen LogP contribution in [0.4, 0.5) is 10.1 Å². The zero-order chi connectivity index (χ0) is 14.0. The zero-order valence-corrected chi connectivity index (χ0v) is 11.2. The highest BCUT2D eigenvalue weighted by Crippen LogP contribution is 2.26. The Kier molecular flexibility index (Phi) is 4.04. The van der Waals surface area contributed by atoms with E-state index in [4.69, 9.17) is 0 Å². The van der Waals surface area contributed by atoms with E-state index in [0.717, 1.165) is 13.0 Å². The largest absolute Gasteiger partial charge is 0.389 e. The maximum atomic E-state index is 14.0. The van der Waals surface area contributed by atoms with Gasteiger partial charge in [-0.1, -0.05) is 6.07 Å². The van der Waals surface area contributed by atoms with Crippen molar-refractivity contribution in [2.75, 3.05) is 18.0 Å². The molecular formula is C14H19FN2O2. The maximum absolute atomic E-state index is 14.0. The van der Waals surface area contributed by atoms with E-state index in [2.05, 4.69) is 5.32 Å². The minimum absolute atomic E-state index is 0.0585. The molecule has 0 saturated carbocycles. The molecule has 104 valence electrons. The first-order valence-electron chi connectivity index (χ1n) is 6.47. The van der Waals surface area contributed by atoms with Crippen LogP contribution in [0.25, 0.3) is 0 Å². The molecule has 1 aliphatic rings. The first kappa shape index (κ1) is 13.8. The summed E-state index contributed by atoms with van der Waals surface area (Å²) in [5.41, 5.74) is 1.09. The predicted molar refractivity (Wildman–Crippen MR) is 71.5 cm³/mol. The number of benzene rings is 1. The first-order valence-corrected chi connectivity index (χ1v) is 6.47. The summed E-state index contributed by atoms with van der Waals surface area (Å²) in [7, 11) is 0. The Balaban J connectivity index is 2.09. The second kappa shape index (κ2) is 5.57. The van der Waals surface area contributed by atoms with Gasteiger partial charge in [0, 0.05) is 26.1 Å². The number of anilines is 1. The number of hydrogen-bond donors (Lipinski definition) is 2. The lowest BCUT2D eigenvalue weighted by Crippen LogP contribution is -2.35. The van der Waals surface area contributed by atoms with Gasteiger partial charge in [0.25, 0.3) is 0 Å². The summed E-state index contributed by atoms with van der Waals surface area (Å²) in [5, 5.41) is 12.3. The SMILES string of the molecule is CC(=O)NC1CCN(c2ccc([C@H](C)O)cc2F)C1. The van der Waals surface area contributed by atoms with Gasteiger partial charge in [-0.2, -0.15) is 0 Å². The number of carbonyl (C=O) groups excluding carboxylic acids is 1. The van der Waals surface area contributed by atoms with Gasteiger partial charge in [-0.25, -0.2) is 4.39 Å². The molecule has 0 aromatic heterocycles. The van der Waals surface area contributed by atoms with Crippen LogP contribution < -0.4 is 10.2 Å². The van der Waals surface area contributed by atoms with Gasteiger partial charge in [0.1, 0.15) is 5.82 Å². The van der Waals surface area contributed by atoms with E-state index in [-0.39, 0.29) is 17.8 Å². The fourth-order valence-electron chi connectivity index (χ4n) is 2.42. The lowest BCUT2D eigenvalue weighted by molar-refractivity contribution is -0.119. The molecule has 2 atom stereocenters. The number of amides is 1. The normalized spacial score (nSPS) is 20.4. The molecule has 1 saturated heterocycles. The summed E-state index contributed by atoms with van der Waals surface area (Å²) in [5.74, 6) is -0.390. The molecule has 1 aromatic rings. The summed E-state index contributed by atoms with van der Waals surface area (Å²) in [6.07, 6.45) is 0.145. The quantitative estimate of drug-likeness (QED) is 0.873. The van der Waals surface area contributed by atoms with E-state index in [9.17, 15) is 14.3 Å². The third-order valence-electron chi connectivity index (χ3n) is 3.39. The molecule has 1 heterocycles. The van der Waals surface area contributed by atoms with Gasteiger partial charge < -0.3 is 15.3 Å². The highest BCUT2D eigenvalue weighted by Gasteiger charge is 2.25. The lowest BCUT2D eigenvalue weighted by Gasteiger charge is -2.20. The minimum atomic E-state index is -0.672. The van der Waals surface area contributed by atoms with Crippen LogP contribution in [0.3, 0.4) is 0 Å². The van der Waals surface area contributed by atoms with Crippen LogP contribution in [0.1, 0.15) is 31.9 Å². The molecule has 19 heavy (non-hydrogen) atoms. The number of aliphatic hydroxyl groups excluding tert-OH is 1. The fraction of sp³-hybridized carbons (Fsp3) is 0.500. The van der Waals surface area contributed by atoms with E-state index in [0.29, 0.717) is 17.8 Å². The maximum Gasteiger partial charge on any atom is 0.217 e. The zero-order valence-electron chi connectivity index (χ0n) is 11.2. The number of nitrogens with zero attached hydrogens (tertiary/aromatic N) is 1. The van der Waals surface area contributed by atoms with Crippen molar-refractivity contribution in [3.63, 3.8) is 0 Å². The lowest BCUT2D eigenvalue weighted by atomic mass is 10.1. The summed E-state index contributed by atoms with van der Waals surface area (Å²) in [4.78, 5) is 12.9. The molecule has 0 spiro atoms. The van der Waals surface area contributed by atoms with Gasteiger partial charge in [0.05, 0.1) is 11.8 Å². The molecule has 1 aliphatic heterocycles.